The summed E-state index contributed by atoms with van der Waals surface area (Å²) in [5.74, 6) is 0.105. The first-order valence-electron chi connectivity index (χ1n) is 5.82. The number of carbonyl (C=O) groups is 1. The van der Waals surface area contributed by atoms with Crippen molar-refractivity contribution in [3.05, 3.63) is 54.2 Å². The van der Waals surface area contributed by atoms with Crippen molar-refractivity contribution >= 4 is 5.78 Å². The minimum Gasteiger partial charge on any atom is -1.00 e. The van der Waals surface area contributed by atoms with E-state index in [1.807, 2.05) is 36.4 Å². The summed E-state index contributed by atoms with van der Waals surface area (Å²) in [4.78, 5) is 11.2. The SMILES string of the molecule is CC[n+]1ccccc1-c1ccc(C(C)=O)cc1.[I-]. The minimum absolute atomic E-state index is 0. The molecule has 18 heavy (non-hydrogen) atoms. The highest BCUT2D eigenvalue weighted by atomic mass is 127. The van der Waals surface area contributed by atoms with Crippen molar-refractivity contribution in [2.75, 3.05) is 0 Å². The largest absolute Gasteiger partial charge is 1.00 e. The van der Waals surface area contributed by atoms with Gasteiger partial charge in [0.2, 0.25) is 5.69 Å². The smallest absolute Gasteiger partial charge is 0.212 e. The summed E-state index contributed by atoms with van der Waals surface area (Å²) in [5.41, 5.74) is 3.07. The summed E-state index contributed by atoms with van der Waals surface area (Å²) in [6.45, 7) is 4.64. The third-order valence-corrected chi connectivity index (χ3v) is 2.87. The predicted molar refractivity (Wildman–Crippen MR) is 67.8 cm³/mol. The van der Waals surface area contributed by atoms with E-state index >= 15 is 0 Å². The lowest BCUT2D eigenvalue weighted by Gasteiger charge is -2.02. The molecule has 1 heterocycles. The highest BCUT2D eigenvalue weighted by Crippen LogP contribution is 2.16. The molecular weight excluding hydrogens is 337 g/mol. The van der Waals surface area contributed by atoms with Crippen molar-refractivity contribution in [1.82, 2.24) is 0 Å². The molecular formula is C15H16INO. The van der Waals surface area contributed by atoms with Crippen LogP contribution in [-0.2, 0) is 6.54 Å². The molecule has 2 aromatic rings. The zero-order valence-electron chi connectivity index (χ0n) is 10.6. The van der Waals surface area contributed by atoms with Gasteiger partial charge in [-0.25, -0.2) is 0 Å². The van der Waals surface area contributed by atoms with Crippen LogP contribution in [0.15, 0.2) is 48.7 Å². The highest BCUT2D eigenvalue weighted by molar-refractivity contribution is 5.94. The van der Waals surface area contributed by atoms with E-state index < -0.39 is 0 Å². The maximum Gasteiger partial charge on any atom is 0.212 e. The molecule has 2 nitrogen and oxygen atoms in total. The quantitative estimate of drug-likeness (QED) is 0.428. The summed E-state index contributed by atoms with van der Waals surface area (Å²) < 4.78 is 2.18. The van der Waals surface area contributed by atoms with Gasteiger partial charge in [-0.1, -0.05) is 12.1 Å². The third kappa shape index (κ3) is 3.16. The highest BCUT2D eigenvalue weighted by Gasteiger charge is 2.10. The predicted octanol–water partition coefficient (Wildman–Crippen LogP) is -0.132. The third-order valence-electron chi connectivity index (χ3n) is 2.87. The van der Waals surface area contributed by atoms with Crippen molar-refractivity contribution in [3.8, 4) is 11.3 Å². The second-order valence-corrected chi connectivity index (χ2v) is 4.01. The van der Waals surface area contributed by atoms with Gasteiger partial charge < -0.3 is 24.0 Å². The maximum atomic E-state index is 11.2. The van der Waals surface area contributed by atoms with Gasteiger partial charge >= 0.3 is 0 Å². The number of aromatic nitrogens is 1. The fourth-order valence-electron chi connectivity index (χ4n) is 1.89. The molecule has 0 aliphatic carbocycles. The Balaban J connectivity index is 0.00000162. The Morgan fingerprint density at radius 1 is 1.11 bits per heavy atom. The number of aryl methyl sites for hydroxylation is 1. The monoisotopic (exact) mass is 353 g/mol. The Morgan fingerprint density at radius 3 is 2.33 bits per heavy atom. The van der Waals surface area contributed by atoms with Gasteiger partial charge in [0.25, 0.3) is 0 Å². The van der Waals surface area contributed by atoms with Gasteiger partial charge in [-0.05, 0) is 32.0 Å². The Bertz CT molecular complexity index is 534. The molecule has 0 spiro atoms. The van der Waals surface area contributed by atoms with Crippen LogP contribution >= 0.6 is 0 Å². The Kier molecular flexibility index (Phi) is 5.47. The maximum absolute atomic E-state index is 11.2. The van der Waals surface area contributed by atoms with Crippen LogP contribution in [0.1, 0.15) is 24.2 Å². The zero-order valence-corrected chi connectivity index (χ0v) is 12.7. The molecule has 0 radical (unpaired) electrons. The number of benzene rings is 1. The fraction of sp³-hybridized carbons (Fsp3) is 0.200. The van der Waals surface area contributed by atoms with E-state index in [2.05, 4.69) is 23.8 Å². The topological polar surface area (TPSA) is 20.9 Å². The van der Waals surface area contributed by atoms with Gasteiger partial charge in [0.1, 0.15) is 6.54 Å². The van der Waals surface area contributed by atoms with Gasteiger partial charge in [0.15, 0.2) is 12.0 Å². The van der Waals surface area contributed by atoms with Crippen LogP contribution in [-0.4, -0.2) is 5.78 Å². The number of hydrogen-bond acceptors (Lipinski definition) is 1. The number of ketones is 1. The van der Waals surface area contributed by atoms with E-state index in [1.165, 1.54) is 5.69 Å². The van der Waals surface area contributed by atoms with Crippen molar-refractivity contribution in [2.24, 2.45) is 0 Å². The van der Waals surface area contributed by atoms with Crippen molar-refractivity contribution in [3.63, 3.8) is 0 Å². The first-order chi connectivity index (χ1) is 8.22. The van der Waals surface area contributed by atoms with Crippen molar-refractivity contribution in [1.29, 1.82) is 0 Å². The lowest BCUT2D eigenvalue weighted by Crippen LogP contribution is -3.00. The molecule has 0 saturated carbocycles. The molecule has 0 saturated heterocycles. The van der Waals surface area contributed by atoms with Crippen LogP contribution in [0.25, 0.3) is 11.3 Å². The van der Waals surface area contributed by atoms with Crippen LogP contribution in [0.3, 0.4) is 0 Å². The zero-order chi connectivity index (χ0) is 12.3. The molecule has 1 aromatic carbocycles. The number of rotatable bonds is 3. The minimum atomic E-state index is 0. The molecule has 1 aromatic heterocycles. The van der Waals surface area contributed by atoms with Gasteiger partial charge in [-0.3, -0.25) is 4.79 Å². The van der Waals surface area contributed by atoms with E-state index in [0.717, 1.165) is 17.7 Å². The molecule has 0 amide bonds. The van der Waals surface area contributed by atoms with Crippen molar-refractivity contribution in [2.45, 2.75) is 20.4 Å². The number of pyridine rings is 1. The molecule has 2 rings (SSSR count). The molecule has 0 aliphatic heterocycles. The number of hydrogen-bond donors (Lipinski definition) is 0. The summed E-state index contributed by atoms with van der Waals surface area (Å²) in [6.07, 6.45) is 2.06. The van der Waals surface area contributed by atoms with Crippen LogP contribution in [0.4, 0.5) is 0 Å². The van der Waals surface area contributed by atoms with E-state index in [9.17, 15) is 4.79 Å². The molecule has 0 N–H and O–H groups in total. The van der Waals surface area contributed by atoms with Crippen LogP contribution in [0.5, 0.6) is 0 Å². The van der Waals surface area contributed by atoms with Gasteiger partial charge in [0, 0.05) is 23.3 Å². The van der Waals surface area contributed by atoms with Gasteiger partial charge in [-0.15, -0.1) is 0 Å². The number of carbonyl (C=O) groups excluding carboxylic acids is 1. The molecule has 0 bridgehead atoms. The van der Waals surface area contributed by atoms with Crippen LogP contribution in [0.2, 0.25) is 0 Å². The second kappa shape index (κ2) is 6.64. The first kappa shape index (κ1) is 14.8. The molecule has 0 fully saturated rings. The van der Waals surface area contributed by atoms with E-state index in [4.69, 9.17) is 0 Å². The molecule has 3 heteroatoms. The number of Topliss-reactive ketones (excluding diaryl/α,β-unsaturated/α-hetero) is 1. The summed E-state index contributed by atoms with van der Waals surface area (Å²) in [5, 5.41) is 0. The first-order valence-corrected chi connectivity index (χ1v) is 5.82. The van der Waals surface area contributed by atoms with Crippen LogP contribution < -0.4 is 28.5 Å². The lowest BCUT2D eigenvalue weighted by molar-refractivity contribution is -0.682. The van der Waals surface area contributed by atoms with Crippen molar-refractivity contribution < 1.29 is 33.3 Å². The van der Waals surface area contributed by atoms with Gasteiger partial charge in [0.05, 0.1) is 0 Å². The Morgan fingerprint density at radius 2 is 1.78 bits per heavy atom. The van der Waals surface area contributed by atoms with E-state index in [-0.39, 0.29) is 29.8 Å². The molecule has 0 atom stereocenters. The standard InChI is InChI=1S/C15H16NO.HI/c1-3-16-11-5-4-6-15(16)14-9-7-13(8-10-14)12(2)17;/h4-11H,3H2,1-2H3;1H/q+1;/p-1. The number of nitrogens with zero attached hydrogens (tertiary/aromatic N) is 1. The van der Waals surface area contributed by atoms with Crippen LogP contribution in [0, 0.1) is 0 Å². The summed E-state index contributed by atoms with van der Waals surface area (Å²) in [6, 6.07) is 13.9. The Hall–Kier alpha value is -1.23. The molecule has 0 aliphatic rings. The normalized spacial score (nSPS) is 9.67. The lowest BCUT2D eigenvalue weighted by atomic mass is 10.1. The summed E-state index contributed by atoms with van der Waals surface area (Å²) >= 11 is 0. The summed E-state index contributed by atoms with van der Waals surface area (Å²) in [7, 11) is 0. The Labute approximate surface area is 125 Å². The fourth-order valence-corrected chi connectivity index (χ4v) is 1.89. The average molecular weight is 353 g/mol. The molecule has 94 valence electrons. The second-order valence-electron chi connectivity index (χ2n) is 4.01. The number of halogens is 1. The molecule has 0 unspecified atom stereocenters. The van der Waals surface area contributed by atoms with Gasteiger partial charge in [-0.2, -0.15) is 4.57 Å². The van der Waals surface area contributed by atoms with E-state index in [0.29, 0.717) is 0 Å². The van der Waals surface area contributed by atoms with E-state index in [1.54, 1.807) is 6.92 Å². The average Bonchev–Trinajstić information content (AvgIpc) is 2.39.